The molecule has 3 aromatic rings. The summed E-state index contributed by atoms with van der Waals surface area (Å²) < 4.78 is 28.8. The molecule has 0 saturated carbocycles. The van der Waals surface area contributed by atoms with E-state index in [1.807, 2.05) is 23.8 Å². The van der Waals surface area contributed by atoms with Crippen molar-refractivity contribution in [2.75, 3.05) is 7.05 Å². The van der Waals surface area contributed by atoms with E-state index in [0.29, 0.717) is 22.9 Å². The molecule has 9 heteroatoms. The first-order chi connectivity index (χ1) is 13.2. The second-order valence-electron chi connectivity index (χ2n) is 6.51. The van der Waals surface area contributed by atoms with Gasteiger partial charge in [-0.25, -0.2) is 18.5 Å². The minimum atomic E-state index is -3.80. The second-order valence-corrected chi connectivity index (χ2v) is 8.85. The Kier molecular flexibility index (Phi) is 5.69. The van der Waals surface area contributed by atoms with Crippen LogP contribution in [-0.2, 0) is 21.2 Å². The first-order valence-electron chi connectivity index (χ1n) is 8.54. The van der Waals surface area contributed by atoms with Gasteiger partial charge in [-0.3, -0.25) is 4.79 Å². The van der Waals surface area contributed by atoms with Crippen LogP contribution in [0.4, 0.5) is 0 Å². The molecule has 1 amide bonds. The first-order valence-corrected chi connectivity index (χ1v) is 11.0. The minimum absolute atomic E-state index is 0.0189. The number of carbonyl (C=O) groups is 1. The lowest BCUT2D eigenvalue weighted by Crippen LogP contribution is -2.31. The Hall–Kier alpha value is -2.49. The summed E-state index contributed by atoms with van der Waals surface area (Å²) in [6.07, 6.45) is 0.0924. The summed E-state index contributed by atoms with van der Waals surface area (Å²) in [7, 11) is -2.13. The van der Waals surface area contributed by atoms with Crippen LogP contribution in [0.1, 0.15) is 30.0 Å². The number of nitrogens with zero attached hydrogens (tertiary/aromatic N) is 2. The molecule has 0 aliphatic heterocycles. The normalized spacial score (nSPS) is 12.7. The molecule has 1 atom stereocenters. The van der Waals surface area contributed by atoms with Gasteiger partial charge < -0.3 is 9.32 Å². The van der Waals surface area contributed by atoms with Crippen LogP contribution in [0.2, 0.25) is 0 Å². The average Bonchev–Trinajstić information content (AvgIpc) is 3.30. The average molecular weight is 420 g/mol. The van der Waals surface area contributed by atoms with E-state index >= 15 is 0 Å². The molecule has 28 heavy (non-hydrogen) atoms. The van der Waals surface area contributed by atoms with Crippen molar-refractivity contribution in [1.82, 2.24) is 9.88 Å². The predicted octanol–water partition coefficient (Wildman–Crippen LogP) is 3.12. The third-order valence-electron chi connectivity index (χ3n) is 4.62. The highest BCUT2D eigenvalue weighted by Gasteiger charge is 2.22. The number of thiophene rings is 1. The fourth-order valence-corrected chi connectivity index (χ4v) is 3.96. The van der Waals surface area contributed by atoms with E-state index in [1.165, 1.54) is 12.1 Å². The van der Waals surface area contributed by atoms with Crippen molar-refractivity contribution >= 4 is 27.3 Å². The lowest BCUT2D eigenvalue weighted by molar-refractivity contribution is -0.131. The van der Waals surface area contributed by atoms with Gasteiger partial charge in [-0.15, -0.1) is 0 Å². The number of oxazole rings is 1. The Balaban J connectivity index is 1.76. The fraction of sp³-hybridized carbons (Fsp3) is 0.263. The van der Waals surface area contributed by atoms with Crippen molar-refractivity contribution in [2.45, 2.75) is 31.2 Å². The van der Waals surface area contributed by atoms with Gasteiger partial charge in [0.25, 0.3) is 0 Å². The number of primary sulfonamides is 1. The quantitative estimate of drug-likeness (QED) is 0.661. The van der Waals surface area contributed by atoms with Crippen LogP contribution < -0.4 is 5.14 Å². The summed E-state index contributed by atoms with van der Waals surface area (Å²) >= 11 is 1.55. The van der Waals surface area contributed by atoms with E-state index in [1.54, 1.807) is 42.3 Å². The van der Waals surface area contributed by atoms with Gasteiger partial charge in [0.05, 0.1) is 23.1 Å². The lowest BCUT2D eigenvalue weighted by atomic mass is 10.1. The van der Waals surface area contributed by atoms with Crippen LogP contribution >= 0.6 is 11.3 Å². The van der Waals surface area contributed by atoms with Crippen molar-refractivity contribution < 1.29 is 17.6 Å². The third kappa shape index (κ3) is 4.32. The zero-order chi connectivity index (χ0) is 20.5. The molecule has 1 unspecified atom stereocenters. The fourth-order valence-electron chi connectivity index (χ4n) is 2.76. The number of hydrogen-bond donors (Lipinski definition) is 1. The van der Waals surface area contributed by atoms with Crippen LogP contribution in [0.25, 0.3) is 11.5 Å². The van der Waals surface area contributed by atoms with E-state index in [-0.39, 0.29) is 23.3 Å². The Morgan fingerprint density at radius 1 is 1.36 bits per heavy atom. The Bertz CT molecular complexity index is 1090. The van der Waals surface area contributed by atoms with Crippen molar-refractivity contribution in [1.29, 1.82) is 0 Å². The van der Waals surface area contributed by atoms with Gasteiger partial charge >= 0.3 is 0 Å². The largest absolute Gasteiger partial charge is 0.441 e. The number of sulfonamides is 1. The number of rotatable bonds is 6. The Morgan fingerprint density at radius 3 is 2.75 bits per heavy atom. The number of hydrogen-bond acceptors (Lipinski definition) is 6. The standard InChI is InChI=1S/C19H21N3O4S2/c1-12(14-5-4-6-16(9-14)28(20,24)25)22(3)18(23)10-17-13(2)26-19(21-17)15-7-8-27-11-15/h4-9,11-12H,10H2,1-3H3,(H2,20,24,25). The maximum Gasteiger partial charge on any atom is 0.238 e. The number of carbonyl (C=O) groups excluding carboxylic acids is 1. The summed E-state index contributed by atoms with van der Waals surface area (Å²) in [5.41, 5.74) is 2.15. The van der Waals surface area contributed by atoms with Gasteiger partial charge in [-0.05, 0) is 43.0 Å². The van der Waals surface area contributed by atoms with Crippen LogP contribution in [0.15, 0.2) is 50.4 Å². The molecular formula is C19H21N3O4S2. The number of likely N-dealkylation sites (N-methyl/N-ethyl adjacent to an activating group) is 1. The molecule has 0 radical (unpaired) electrons. The molecule has 7 nitrogen and oxygen atoms in total. The smallest absolute Gasteiger partial charge is 0.238 e. The van der Waals surface area contributed by atoms with E-state index < -0.39 is 10.0 Å². The van der Waals surface area contributed by atoms with Gasteiger partial charge in [0.2, 0.25) is 21.8 Å². The van der Waals surface area contributed by atoms with Crippen LogP contribution in [0.3, 0.4) is 0 Å². The number of nitrogens with two attached hydrogens (primary N) is 1. The van der Waals surface area contributed by atoms with Crippen molar-refractivity contribution in [3.8, 4) is 11.5 Å². The molecule has 0 aliphatic carbocycles. The molecule has 0 saturated heterocycles. The summed E-state index contributed by atoms with van der Waals surface area (Å²) in [4.78, 5) is 18.8. The van der Waals surface area contributed by atoms with Gasteiger partial charge in [-0.2, -0.15) is 11.3 Å². The predicted molar refractivity (Wildman–Crippen MR) is 107 cm³/mol. The summed E-state index contributed by atoms with van der Waals surface area (Å²) in [6, 6.07) is 7.86. The van der Waals surface area contributed by atoms with E-state index in [4.69, 9.17) is 9.56 Å². The van der Waals surface area contributed by atoms with Crippen molar-refractivity contribution in [2.24, 2.45) is 5.14 Å². The molecule has 0 bridgehead atoms. The highest BCUT2D eigenvalue weighted by atomic mass is 32.2. The maximum atomic E-state index is 12.8. The Labute approximate surface area is 167 Å². The second kappa shape index (κ2) is 7.86. The van der Waals surface area contributed by atoms with E-state index in [2.05, 4.69) is 4.98 Å². The first kappa shape index (κ1) is 20.2. The topological polar surface area (TPSA) is 106 Å². The molecule has 2 N–H and O–H groups in total. The highest BCUT2D eigenvalue weighted by molar-refractivity contribution is 7.89. The molecular weight excluding hydrogens is 398 g/mol. The molecule has 0 spiro atoms. The van der Waals surface area contributed by atoms with Crippen molar-refractivity contribution in [3.63, 3.8) is 0 Å². The zero-order valence-electron chi connectivity index (χ0n) is 15.7. The summed E-state index contributed by atoms with van der Waals surface area (Å²) in [6.45, 7) is 3.61. The van der Waals surface area contributed by atoms with Crippen LogP contribution in [0, 0.1) is 6.92 Å². The maximum absolute atomic E-state index is 12.8. The molecule has 2 aromatic heterocycles. The number of amides is 1. The number of aromatic nitrogens is 1. The minimum Gasteiger partial charge on any atom is -0.441 e. The van der Waals surface area contributed by atoms with E-state index in [9.17, 15) is 13.2 Å². The Morgan fingerprint density at radius 2 is 2.11 bits per heavy atom. The zero-order valence-corrected chi connectivity index (χ0v) is 17.4. The molecule has 0 fully saturated rings. The number of benzene rings is 1. The van der Waals surface area contributed by atoms with Crippen LogP contribution in [-0.4, -0.2) is 31.3 Å². The van der Waals surface area contributed by atoms with Crippen molar-refractivity contribution in [3.05, 3.63) is 58.1 Å². The molecule has 0 aliphatic rings. The molecule has 2 heterocycles. The highest BCUT2D eigenvalue weighted by Crippen LogP contribution is 2.26. The lowest BCUT2D eigenvalue weighted by Gasteiger charge is -2.25. The van der Waals surface area contributed by atoms with Gasteiger partial charge in [-0.1, -0.05) is 12.1 Å². The third-order valence-corrected chi connectivity index (χ3v) is 6.22. The van der Waals surface area contributed by atoms with Gasteiger partial charge in [0.15, 0.2) is 0 Å². The van der Waals surface area contributed by atoms with Gasteiger partial charge in [0.1, 0.15) is 5.76 Å². The monoisotopic (exact) mass is 419 g/mol. The SMILES string of the molecule is Cc1oc(-c2ccsc2)nc1CC(=O)N(C)C(C)c1cccc(S(N)(=O)=O)c1. The molecule has 1 aromatic carbocycles. The van der Waals surface area contributed by atoms with Crippen LogP contribution in [0.5, 0.6) is 0 Å². The molecule has 148 valence electrons. The summed E-state index contributed by atoms with van der Waals surface area (Å²) in [5, 5.41) is 9.07. The van der Waals surface area contributed by atoms with E-state index in [0.717, 1.165) is 5.56 Å². The molecule has 3 rings (SSSR count). The summed E-state index contributed by atoms with van der Waals surface area (Å²) in [5.74, 6) is 0.951. The number of aryl methyl sites for hydroxylation is 1. The van der Waals surface area contributed by atoms with Gasteiger partial charge in [0, 0.05) is 18.0 Å².